The third kappa shape index (κ3) is 6.74. The molecule has 0 saturated heterocycles. The van der Waals surface area contributed by atoms with E-state index in [0.717, 1.165) is 10.5 Å². The molecule has 6 nitrogen and oxygen atoms in total. The molecule has 168 valence electrons. The van der Waals surface area contributed by atoms with E-state index in [1.165, 1.54) is 25.3 Å². The van der Waals surface area contributed by atoms with E-state index in [-0.39, 0.29) is 28.7 Å². The number of hydrogen-bond acceptors (Lipinski definition) is 5. The van der Waals surface area contributed by atoms with Crippen LogP contribution in [0.2, 0.25) is 5.02 Å². The monoisotopic (exact) mass is 490 g/mol. The van der Waals surface area contributed by atoms with Gasteiger partial charge in [0.1, 0.15) is 10.6 Å². The summed E-state index contributed by atoms with van der Waals surface area (Å²) in [5, 5.41) is 3.39. The largest absolute Gasteiger partial charge is 0.495 e. The van der Waals surface area contributed by atoms with Gasteiger partial charge in [-0.3, -0.25) is 4.79 Å². The van der Waals surface area contributed by atoms with Crippen molar-refractivity contribution in [3.8, 4) is 5.75 Å². The van der Waals surface area contributed by atoms with Crippen LogP contribution in [0.5, 0.6) is 5.75 Å². The second-order valence-electron chi connectivity index (χ2n) is 6.73. The van der Waals surface area contributed by atoms with Crippen molar-refractivity contribution in [1.82, 2.24) is 10.0 Å². The number of halogens is 1. The Morgan fingerprint density at radius 3 is 2.44 bits per heavy atom. The van der Waals surface area contributed by atoms with Crippen LogP contribution in [0.4, 0.5) is 0 Å². The number of thioether (sulfide) groups is 1. The lowest BCUT2D eigenvalue weighted by Gasteiger charge is -2.13. The Kier molecular flexibility index (Phi) is 8.58. The number of benzene rings is 3. The average Bonchev–Trinajstić information content (AvgIpc) is 2.81. The fraction of sp³-hybridized carbons (Fsp3) is 0.174. The van der Waals surface area contributed by atoms with Gasteiger partial charge < -0.3 is 10.1 Å². The molecule has 0 atom stereocenters. The number of methoxy groups -OCH3 is 1. The van der Waals surface area contributed by atoms with E-state index in [2.05, 4.69) is 10.0 Å². The highest BCUT2D eigenvalue weighted by Gasteiger charge is 2.21. The second-order valence-corrected chi connectivity index (χ2v) is 10.1. The predicted molar refractivity (Wildman–Crippen MR) is 128 cm³/mol. The number of rotatable bonds is 10. The molecule has 0 aliphatic heterocycles. The number of carbonyl (C=O) groups excluding carboxylic acids is 1. The number of sulfonamides is 1. The molecule has 3 aromatic carbocycles. The Morgan fingerprint density at radius 2 is 1.75 bits per heavy atom. The van der Waals surface area contributed by atoms with Crippen LogP contribution >= 0.6 is 23.4 Å². The van der Waals surface area contributed by atoms with E-state index in [4.69, 9.17) is 16.3 Å². The lowest BCUT2D eigenvalue weighted by atomic mass is 10.2. The van der Waals surface area contributed by atoms with Crippen LogP contribution in [0.15, 0.2) is 82.6 Å². The van der Waals surface area contributed by atoms with Crippen LogP contribution in [0.25, 0.3) is 0 Å². The van der Waals surface area contributed by atoms with Gasteiger partial charge in [-0.05, 0) is 48.0 Å². The second kappa shape index (κ2) is 11.4. The highest BCUT2D eigenvalue weighted by atomic mass is 35.5. The number of amides is 1. The molecule has 0 bridgehead atoms. The van der Waals surface area contributed by atoms with Crippen LogP contribution < -0.4 is 14.8 Å². The molecule has 2 N–H and O–H groups in total. The van der Waals surface area contributed by atoms with Crippen molar-refractivity contribution in [2.24, 2.45) is 0 Å². The van der Waals surface area contributed by atoms with Gasteiger partial charge in [-0.1, -0.05) is 41.9 Å². The first-order chi connectivity index (χ1) is 15.4. The van der Waals surface area contributed by atoms with Crippen LogP contribution in [0.3, 0.4) is 0 Å². The van der Waals surface area contributed by atoms with Gasteiger partial charge >= 0.3 is 0 Å². The van der Waals surface area contributed by atoms with Crippen molar-refractivity contribution < 1.29 is 17.9 Å². The molecule has 3 aromatic rings. The van der Waals surface area contributed by atoms with E-state index < -0.39 is 10.0 Å². The summed E-state index contributed by atoms with van der Waals surface area (Å²) in [4.78, 5) is 13.6. The lowest BCUT2D eigenvalue weighted by Crippen LogP contribution is -2.27. The summed E-state index contributed by atoms with van der Waals surface area (Å²) in [5.41, 5.74) is 0.990. The van der Waals surface area contributed by atoms with Gasteiger partial charge in [-0.25, -0.2) is 13.1 Å². The predicted octanol–water partition coefficient (Wildman–Crippen LogP) is 4.35. The Morgan fingerprint density at radius 1 is 1.03 bits per heavy atom. The van der Waals surface area contributed by atoms with Gasteiger partial charge in [0.15, 0.2) is 0 Å². The topological polar surface area (TPSA) is 84.5 Å². The maximum Gasteiger partial charge on any atom is 0.251 e. The SMILES string of the molecule is COc1ccc(C(=O)NCCSc2ccccc2)cc1S(=O)(=O)NCc1ccc(Cl)cc1. The van der Waals surface area contributed by atoms with Crippen LogP contribution in [-0.4, -0.2) is 33.7 Å². The Bertz CT molecular complexity index is 1150. The molecule has 0 aliphatic carbocycles. The minimum absolute atomic E-state index is 0.0792. The van der Waals surface area contributed by atoms with Gasteiger partial charge in [-0.15, -0.1) is 11.8 Å². The van der Waals surface area contributed by atoms with Gasteiger partial charge in [0.25, 0.3) is 5.91 Å². The quantitative estimate of drug-likeness (QED) is 0.326. The summed E-state index contributed by atoms with van der Waals surface area (Å²) in [6.45, 7) is 0.525. The zero-order valence-corrected chi connectivity index (χ0v) is 19.8. The van der Waals surface area contributed by atoms with Crippen LogP contribution in [-0.2, 0) is 16.6 Å². The molecule has 0 fully saturated rings. The third-order valence-electron chi connectivity index (χ3n) is 4.49. The molecule has 0 aromatic heterocycles. The maximum atomic E-state index is 12.9. The van der Waals surface area contributed by atoms with Gasteiger partial charge in [0, 0.05) is 34.3 Å². The van der Waals surface area contributed by atoms with E-state index in [0.29, 0.717) is 17.3 Å². The summed E-state index contributed by atoms with van der Waals surface area (Å²) >= 11 is 7.49. The van der Waals surface area contributed by atoms with Gasteiger partial charge in [0.05, 0.1) is 7.11 Å². The Hall–Kier alpha value is -2.52. The average molecular weight is 491 g/mol. The summed E-state index contributed by atoms with van der Waals surface area (Å²) in [6.07, 6.45) is 0. The first-order valence-electron chi connectivity index (χ1n) is 9.77. The molecule has 0 unspecified atom stereocenters. The molecule has 0 aliphatic rings. The lowest BCUT2D eigenvalue weighted by molar-refractivity contribution is 0.0956. The van der Waals surface area contributed by atoms with Gasteiger partial charge in [-0.2, -0.15) is 0 Å². The zero-order valence-electron chi connectivity index (χ0n) is 17.4. The normalized spacial score (nSPS) is 11.2. The van der Waals surface area contributed by atoms with Crippen LogP contribution in [0, 0.1) is 0 Å². The first kappa shape index (κ1) is 24.1. The molecule has 0 heterocycles. The van der Waals surface area contributed by atoms with Crippen molar-refractivity contribution in [3.05, 3.63) is 88.9 Å². The smallest absolute Gasteiger partial charge is 0.251 e. The van der Waals surface area contributed by atoms with E-state index in [1.807, 2.05) is 30.3 Å². The molecule has 9 heteroatoms. The molecule has 32 heavy (non-hydrogen) atoms. The zero-order chi connectivity index (χ0) is 23.0. The Balaban J connectivity index is 1.65. The third-order valence-corrected chi connectivity index (χ3v) is 7.18. The summed E-state index contributed by atoms with van der Waals surface area (Å²) in [7, 11) is -2.54. The van der Waals surface area contributed by atoms with Crippen molar-refractivity contribution in [1.29, 1.82) is 0 Å². The van der Waals surface area contributed by atoms with Gasteiger partial charge in [0.2, 0.25) is 10.0 Å². The molecule has 0 saturated carbocycles. The van der Waals surface area contributed by atoms with E-state index >= 15 is 0 Å². The molecule has 3 rings (SSSR count). The highest BCUT2D eigenvalue weighted by Crippen LogP contribution is 2.25. The number of ether oxygens (including phenoxy) is 1. The molecule has 1 amide bonds. The fourth-order valence-electron chi connectivity index (χ4n) is 2.84. The maximum absolute atomic E-state index is 12.9. The molecule has 0 radical (unpaired) electrons. The van der Waals surface area contributed by atoms with Crippen molar-refractivity contribution in [3.63, 3.8) is 0 Å². The van der Waals surface area contributed by atoms with Crippen LogP contribution in [0.1, 0.15) is 15.9 Å². The summed E-state index contributed by atoms with van der Waals surface area (Å²) < 4.78 is 33.5. The molecular formula is C23H23ClN2O4S2. The highest BCUT2D eigenvalue weighted by molar-refractivity contribution is 7.99. The standard InChI is InChI=1S/C23H23ClN2O4S2/c1-30-21-12-9-18(23(27)25-13-14-31-20-5-3-2-4-6-20)15-22(21)32(28,29)26-16-17-7-10-19(24)11-8-17/h2-12,15,26H,13-14,16H2,1H3,(H,25,27). The number of nitrogens with one attached hydrogen (secondary N) is 2. The Labute approximate surface area is 197 Å². The number of carbonyl (C=O) groups is 1. The summed E-state index contributed by atoms with van der Waals surface area (Å²) in [6, 6.07) is 21.1. The van der Waals surface area contributed by atoms with E-state index in [9.17, 15) is 13.2 Å². The summed E-state index contributed by atoms with van der Waals surface area (Å²) in [5.74, 6) is 0.500. The van der Waals surface area contributed by atoms with Crippen molar-refractivity contribution in [2.75, 3.05) is 19.4 Å². The van der Waals surface area contributed by atoms with E-state index in [1.54, 1.807) is 36.0 Å². The van der Waals surface area contributed by atoms with Crippen molar-refractivity contribution >= 4 is 39.3 Å². The number of hydrogen-bond donors (Lipinski definition) is 2. The first-order valence-corrected chi connectivity index (χ1v) is 12.6. The molecule has 0 spiro atoms. The fourth-order valence-corrected chi connectivity index (χ4v) is 4.96. The minimum atomic E-state index is -3.92. The molecular weight excluding hydrogens is 468 g/mol. The minimum Gasteiger partial charge on any atom is -0.495 e. The van der Waals surface area contributed by atoms with Crippen molar-refractivity contribution in [2.45, 2.75) is 16.3 Å².